The average molecular weight is 493 g/mol. The molecule has 36 heavy (non-hydrogen) atoms. The van der Waals surface area contributed by atoms with Crippen LogP contribution in [0, 0.1) is 6.92 Å². The van der Waals surface area contributed by atoms with E-state index in [1.807, 2.05) is 31.2 Å². The molecule has 194 valence electrons. The number of nitrogens with zero attached hydrogens (tertiary/aromatic N) is 2. The van der Waals surface area contributed by atoms with Crippen LogP contribution in [0.2, 0.25) is 0 Å². The van der Waals surface area contributed by atoms with Crippen LogP contribution >= 0.6 is 0 Å². The summed E-state index contributed by atoms with van der Waals surface area (Å²) in [4.78, 5) is 30.6. The summed E-state index contributed by atoms with van der Waals surface area (Å²) in [5.41, 5.74) is 2.54. The molecule has 1 saturated heterocycles. The smallest absolute Gasteiger partial charge is 0.295 e. The van der Waals surface area contributed by atoms with Crippen LogP contribution in [-0.4, -0.2) is 59.9 Å². The van der Waals surface area contributed by atoms with E-state index in [1.165, 1.54) is 0 Å². The van der Waals surface area contributed by atoms with Gasteiger partial charge < -0.3 is 19.6 Å². The van der Waals surface area contributed by atoms with Crippen LogP contribution in [0.25, 0.3) is 5.76 Å². The number of aryl methyl sites for hydroxylation is 1. The zero-order chi connectivity index (χ0) is 26.1. The van der Waals surface area contributed by atoms with E-state index < -0.39 is 17.7 Å². The van der Waals surface area contributed by atoms with E-state index >= 15 is 0 Å². The van der Waals surface area contributed by atoms with Crippen molar-refractivity contribution in [3.05, 3.63) is 70.8 Å². The lowest BCUT2D eigenvalue weighted by Gasteiger charge is -2.27. The van der Waals surface area contributed by atoms with Gasteiger partial charge in [-0.15, -0.1) is 0 Å². The van der Waals surface area contributed by atoms with Crippen molar-refractivity contribution in [1.82, 2.24) is 9.80 Å². The number of likely N-dealkylation sites (tertiary alicyclic amines) is 1. The molecule has 0 spiro atoms. The molecule has 0 bridgehead atoms. The number of rotatable bonds is 13. The first-order chi connectivity index (χ1) is 17.4. The van der Waals surface area contributed by atoms with E-state index in [1.54, 1.807) is 36.3 Å². The Kier molecular flexibility index (Phi) is 10.1. The Balaban J connectivity index is 1.90. The highest BCUT2D eigenvalue weighted by molar-refractivity contribution is 6.46. The lowest BCUT2D eigenvalue weighted by molar-refractivity contribution is -0.140. The Bertz CT molecular complexity index is 1040. The summed E-state index contributed by atoms with van der Waals surface area (Å²) >= 11 is 0. The van der Waals surface area contributed by atoms with Crippen LogP contribution in [0.4, 0.5) is 0 Å². The molecule has 1 amide bonds. The number of ketones is 1. The first kappa shape index (κ1) is 27.5. The van der Waals surface area contributed by atoms with Gasteiger partial charge in [0, 0.05) is 12.1 Å². The summed E-state index contributed by atoms with van der Waals surface area (Å²) in [5, 5.41) is 11.2. The van der Waals surface area contributed by atoms with Crippen LogP contribution in [0.5, 0.6) is 5.75 Å². The Morgan fingerprint density at radius 1 is 0.917 bits per heavy atom. The number of aliphatic hydroxyl groups excluding tert-OH is 1. The zero-order valence-electron chi connectivity index (χ0n) is 22.1. The molecule has 0 radical (unpaired) electrons. The van der Waals surface area contributed by atoms with E-state index in [0.717, 1.165) is 62.9 Å². The summed E-state index contributed by atoms with van der Waals surface area (Å²) in [6.45, 7) is 9.82. The van der Waals surface area contributed by atoms with Crippen molar-refractivity contribution >= 4 is 17.4 Å². The highest BCUT2D eigenvalue weighted by Crippen LogP contribution is 2.39. The maximum atomic E-state index is 13.2. The molecule has 0 aliphatic carbocycles. The minimum Gasteiger partial charge on any atom is -0.507 e. The van der Waals surface area contributed by atoms with Gasteiger partial charge in [0.2, 0.25) is 0 Å². The third-order valence-corrected chi connectivity index (χ3v) is 6.83. The molecule has 0 aromatic heterocycles. The van der Waals surface area contributed by atoms with Crippen molar-refractivity contribution in [2.75, 3.05) is 33.3 Å². The first-order valence-corrected chi connectivity index (χ1v) is 13.1. The van der Waals surface area contributed by atoms with E-state index in [0.29, 0.717) is 17.9 Å². The van der Waals surface area contributed by atoms with E-state index in [-0.39, 0.29) is 11.3 Å². The van der Waals surface area contributed by atoms with Gasteiger partial charge in [-0.25, -0.2) is 0 Å². The standard InChI is InChI=1S/C30H40N2O4/c1-5-7-18-31(19-8-6-2)20-9-21-32-27(23-12-10-22(3)11-13-23)26(29(34)30(32)35)28(33)24-14-16-25(36-4)17-15-24/h10-17,27,33H,5-9,18-21H2,1-4H3/t27-/m0/s1. The van der Waals surface area contributed by atoms with Gasteiger partial charge in [0.25, 0.3) is 11.7 Å². The lowest BCUT2D eigenvalue weighted by atomic mass is 9.94. The molecule has 1 N–H and O–H groups in total. The summed E-state index contributed by atoms with van der Waals surface area (Å²) in [6.07, 6.45) is 5.37. The molecule has 1 aliphatic heterocycles. The summed E-state index contributed by atoms with van der Waals surface area (Å²) in [7, 11) is 1.57. The molecule has 6 nitrogen and oxygen atoms in total. The fraction of sp³-hybridized carbons (Fsp3) is 0.467. The van der Waals surface area contributed by atoms with Crippen LogP contribution in [-0.2, 0) is 9.59 Å². The Labute approximate surface area is 215 Å². The molecule has 2 aromatic rings. The monoisotopic (exact) mass is 492 g/mol. The maximum absolute atomic E-state index is 13.2. The number of carbonyl (C=O) groups is 2. The molecule has 1 atom stereocenters. The van der Waals surface area contributed by atoms with Crippen molar-refractivity contribution in [3.63, 3.8) is 0 Å². The number of hydrogen-bond acceptors (Lipinski definition) is 5. The Morgan fingerprint density at radius 3 is 2.06 bits per heavy atom. The zero-order valence-corrected chi connectivity index (χ0v) is 22.1. The summed E-state index contributed by atoms with van der Waals surface area (Å²) in [5.74, 6) is -0.693. The number of carbonyl (C=O) groups excluding carboxylic acids is 2. The van der Waals surface area contributed by atoms with E-state index in [9.17, 15) is 14.7 Å². The van der Waals surface area contributed by atoms with Crippen LogP contribution in [0.3, 0.4) is 0 Å². The highest BCUT2D eigenvalue weighted by atomic mass is 16.5. The third-order valence-electron chi connectivity index (χ3n) is 6.83. The quantitative estimate of drug-likeness (QED) is 0.220. The van der Waals surface area contributed by atoms with Crippen molar-refractivity contribution in [2.24, 2.45) is 0 Å². The summed E-state index contributed by atoms with van der Waals surface area (Å²) in [6, 6.07) is 14.1. The van der Waals surface area contributed by atoms with Gasteiger partial charge in [-0.05, 0) is 75.6 Å². The molecule has 1 aliphatic rings. The number of aliphatic hydroxyl groups is 1. The van der Waals surface area contributed by atoms with Crippen molar-refractivity contribution < 1.29 is 19.4 Å². The maximum Gasteiger partial charge on any atom is 0.295 e. The van der Waals surface area contributed by atoms with Gasteiger partial charge in [-0.2, -0.15) is 0 Å². The van der Waals surface area contributed by atoms with Gasteiger partial charge in [0.1, 0.15) is 11.5 Å². The number of amides is 1. The fourth-order valence-electron chi connectivity index (χ4n) is 4.67. The van der Waals surface area contributed by atoms with Crippen LogP contribution in [0.1, 0.15) is 68.7 Å². The Morgan fingerprint density at radius 2 is 1.50 bits per heavy atom. The van der Waals surface area contributed by atoms with Crippen molar-refractivity contribution in [2.45, 2.75) is 58.9 Å². The predicted molar refractivity (Wildman–Crippen MR) is 144 cm³/mol. The van der Waals surface area contributed by atoms with Gasteiger partial charge in [0.05, 0.1) is 18.7 Å². The molecule has 1 heterocycles. The number of methoxy groups -OCH3 is 1. The van der Waals surface area contributed by atoms with Gasteiger partial charge >= 0.3 is 0 Å². The second-order valence-corrected chi connectivity index (χ2v) is 9.53. The number of benzene rings is 2. The molecular weight excluding hydrogens is 452 g/mol. The predicted octanol–water partition coefficient (Wildman–Crippen LogP) is 5.72. The van der Waals surface area contributed by atoms with Crippen LogP contribution in [0.15, 0.2) is 54.1 Å². The van der Waals surface area contributed by atoms with Crippen molar-refractivity contribution in [1.29, 1.82) is 0 Å². The number of unbranched alkanes of at least 4 members (excludes halogenated alkanes) is 2. The molecule has 1 fully saturated rings. The van der Waals surface area contributed by atoms with Gasteiger partial charge in [-0.3, -0.25) is 9.59 Å². The fourth-order valence-corrected chi connectivity index (χ4v) is 4.67. The third kappa shape index (κ3) is 6.55. The van der Waals surface area contributed by atoms with E-state index in [2.05, 4.69) is 18.7 Å². The second-order valence-electron chi connectivity index (χ2n) is 9.53. The summed E-state index contributed by atoms with van der Waals surface area (Å²) < 4.78 is 5.21. The molecule has 2 aromatic carbocycles. The number of ether oxygens (including phenoxy) is 1. The molecule has 3 rings (SSSR count). The minimum absolute atomic E-state index is 0.142. The number of Topliss-reactive ketones (excluding diaryl/α,β-unsaturated/α-hetero) is 1. The van der Waals surface area contributed by atoms with E-state index in [4.69, 9.17) is 4.74 Å². The van der Waals surface area contributed by atoms with Crippen LogP contribution < -0.4 is 4.74 Å². The SMILES string of the molecule is CCCCN(CCCC)CCCN1C(=O)C(=O)C(=C(O)c2ccc(OC)cc2)[C@@H]1c1ccc(C)cc1. The number of hydrogen-bond donors (Lipinski definition) is 1. The normalized spacial score (nSPS) is 17.2. The second kappa shape index (κ2) is 13.3. The minimum atomic E-state index is -0.636. The first-order valence-electron chi connectivity index (χ1n) is 13.1. The largest absolute Gasteiger partial charge is 0.507 e. The van der Waals surface area contributed by atoms with Gasteiger partial charge in [0.15, 0.2) is 0 Å². The van der Waals surface area contributed by atoms with Crippen molar-refractivity contribution in [3.8, 4) is 5.75 Å². The molecule has 0 unspecified atom stereocenters. The average Bonchev–Trinajstić information content (AvgIpc) is 3.15. The molecule has 0 saturated carbocycles. The lowest BCUT2D eigenvalue weighted by Crippen LogP contribution is -2.34. The molecular formula is C30H40N2O4. The molecule has 6 heteroatoms. The van der Waals surface area contributed by atoms with Gasteiger partial charge in [-0.1, -0.05) is 56.5 Å². The highest BCUT2D eigenvalue weighted by Gasteiger charge is 2.45. The Hall–Kier alpha value is -3.12. The topological polar surface area (TPSA) is 70.1 Å².